The van der Waals surface area contributed by atoms with Crippen LogP contribution >= 0.6 is 12.4 Å². The minimum Gasteiger partial charge on any atom is -0.406 e. The third kappa shape index (κ3) is 4.43. The Morgan fingerprint density at radius 3 is 1.85 bits per heavy atom. The number of hydrogen-bond donors (Lipinski definition) is 1. The van der Waals surface area contributed by atoms with E-state index in [1.807, 2.05) is 30.3 Å². The monoisotopic (exact) mass is 303 g/mol. The fourth-order valence-corrected chi connectivity index (χ4v) is 1.73. The van der Waals surface area contributed by atoms with Crippen molar-refractivity contribution in [2.24, 2.45) is 5.73 Å². The van der Waals surface area contributed by atoms with E-state index in [9.17, 15) is 13.2 Å². The standard InChI is InChI=1S/C14H12F3NO.ClH/c15-14(16,17)19-12-8-6-11(7-9-12)13(18)10-4-2-1-3-5-10;/h1-9,13H,18H2;1H. The van der Waals surface area contributed by atoms with Crippen LogP contribution in [-0.4, -0.2) is 6.36 Å². The van der Waals surface area contributed by atoms with Crippen LogP contribution in [-0.2, 0) is 0 Å². The van der Waals surface area contributed by atoms with Crippen molar-refractivity contribution in [1.82, 2.24) is 0 Å². The van der Waals surface area contributed by atoms with Crippen molar-refractivity contribution in [3.63, 3.8) is 0 Å². The van der Waals surface area contributed by atoms with Gasteiger partial charge in [0.15, 0.2) is 0 Å². The predicted octanol–water partition coefficient (Wildman–Crippen LogP) is 4.06. The lowest BCUT2D eigenvalue weighted by atomic mass is 10.00. The fourth-order valence-electron chi connectivity index (χ4n) is 1.73. The van der Waals surface area contributed by atoms with Gasteiger partial charge in [-0.05, 0) is 23.3 Å². The molecule has 108 valence electrons. The van der Waals surface area contributed by atoms with Crippen LogP contribution in [0.15, 0.2) is 54.6 Å². The molecule has 2 aromatic carbocycles. The van der Waals surface area contributed by atoms with Crippen molar-refractivity contribution in [3.05, 3.63) is 65.7 Å². The first-order chi connectivity index (χ1) is 8.96. The van der Waals surface area contributed by atoms with Crippen molar-refractivity contribution in [1.29, 1.82) is 0 Å². The molecule has 0 bridgehead atoms. The van der Waals surface area contributed by atoms with E-state index in [2.05, 4.69) is 4.74 Å². The zero-order valence-electron chi connectivity index (χ0n) is 10.3. The molecule has 0 aliphatic carbocycles. The van der Waals surface area contributed by atoms with Crippen LogP contribution in [0.25, 0.3) is 0 Å². The maximum Gasteiger partial charge on any atom is 0.573 e. The lowest BCUT2D eigenvalue weighted by molar-refractivity contribution is -0.274. The van der Waals surface area contributed by atoms with Gasteiger partial charge in [-0.25, -0.2) is 0 Å². The summed E-state index contributed by atoms with van der Waals surface area (Å²) in [5.74, 6) is -0.253. The molecule has 0 saturated heterocycles. The highest BCUT2D eigenvalue weighted by atomic mass is 35.5. The second-order valence-electron chi connectivity index (χ2n) is 4.01. The van der Waals surface area contributed by atoms with Crippen LogP contribution in [0.2, 0.25) is 0 Å². The third-order valence-electron chi connectivity index (χ3n) is 2.63. The van der Waals surface area contributed by atoms with E-state index in [4.69, 9.17) is 5.73 Å². The van der Waals surface area contributed by atoms with Crippen molar-refractivity contribution < 1.29 is 17.9 Å². The average molecular weight is 304 g/mol. The molecule has 0 fully saturated rings. The van der Waals surface area contributed by atoms with E-state index < -0.39 is 6.36 Å². The Balaban J connectivity index is 0.00000200. The van der Waals surface area contributed by atoms with Crippen LogP contribution in [0.4, 0.5) is 13.2 Å². The Bertz CT molecular complexity index is 528. The Hall–Kier alpha value is -1.72. The quantitative estimate of drug-likeness (QED) is 0.928. The van der Waals surface area contributed by atoms with E-state index in [-0.39, 0.29) is 24.2 Å². The summed E-state index contributed by atoms with van der Waals surface area (Å²) >= 11 is 0. The van der Waals surface area contributed by atoms with Crippen LogP contribution < -0.4 is 10.5 Å². The van der Waals surface area contributed by atoms with E-state index in [1.54, 1.807) is 0 Å². The first kappa shape index (κ1) is 16.3. The van der Waals surface area contributed by atoms with Gasteiger partial charge >= 0.3 is 6.36 Å². The molecule has 0 radical (unpaired) electrons. The van der Waals surface area contributed by atoms with E-state index >= 15 is 0 Å². The molecule has 6 heteroatoms. The van der Waals surface area contributed by atoms with Crippen LogP contribution in [0.3, 0.4) is 0 Å². The van der Waals surface area contributed by atoms with Gasteiger partial charge < -0.3 is 10.5 Å². The normalized spacial score (nSPS) is 12.4. The molecule has 0 heterocycles. The Morgan fingerprint density at radius 2 is 1.35 bits per heavy atom. The number of rotatable bonds is 3. The molecular weight excluding hydrogens is 291 g/mol. The zero-order chi connectivity index (χ0) is 13.9. The summed E-state index contributed by atoms with van der Waals surface area (Å²) in [4.78, 5) is 0. The van der Waals surface area contributed by atoms with Gasteiger partial charge in [0.1, 0.15) is 5.75 Å². The van der Waals surface area contributed by atoms with E-state index in [0.717, 1.165) is 11.1 Å². The minimum absolute atomic E-state index is 0. The molecule has 20 heavy (non-hydrogen) atoms. The maximum atomic E-state index is 12.0. The summed E-state index contributed by atoms with van der Waals surface area (Å²) in [6.45, 7) is 0. The van der Waals surface area contributed by atoms with Gasteiger partial charge in [0.25, 0.3) is 0 Å². The molecule has 2 nitrogen and oxygen atoms in total. The molecule has 1 atom stereocenters. The van der Waals surface area contributed by atoms with Crippen LogP contribution in [0.1, 0.15) is 17.2 Å². The second kappa shape index (κ2) is 6.63. The first-order valence-electron chi connectivity index (χ1n) is 5.62. The van der Waals surface area contributed by atoms with Crippen LogP contribution in [0.5, 0.6) is 5.75 Å². The molecule has 0 saturated carbocycles. The number of hydrogen-bond acceptors (Lipinski definition) is 2. The summed E-state index contributed by atoms with van der Waals surface area (Å²) in [5, 5.41) is 0. The highest BCUT2D eigenvalue weighted by molar-refractivity contribution is 5.85. The van der Waals surface area contributed by atoms with Crippen molar-refractivity contribution >= 4 is 12.4 Å². The molecule has 0 amide bonds. The Kier molecular flexibility index (Phi) is 5.42. The fraction of sp³-hybridized carbons (Fsp3) is 0.143. The summed E-state index contributed by atoms with van der Waals surface area (Å²) in [6.07, 6.45) is -4.68. The first-order valence-corrected chi connectivity index (χ1v) is 5.62. The number of ether oxygens (including phenoxy) is 1. The largest absolute Gasteiger partial charge is 0.573 e. The van der Waals surface area contributed by atoms with Crippen molar-refractivity contribution in [2.75, 3.05) is 0 Å². The Labute approximate surface area is 120 Å². The zero-order valence-corrected chi connectivity index (χ0v) is 11.1. The number of benzene rings is 2. The molecular formula is C14H13ClF3NO. The van der Waals surface area contributed by atoms with Crippen molar-refractivity contribution in [3.8, 4) is 5.75 Å². The lowest BCUT2D eigenvalue weighted by Gasteiger charge is -2.14. The smallest absolute Gasteiger partial charge is 0.406 e. The molecule has 2 N–H and O–H groups in total. The van der Waals surface area contributed by atoms with Gasteiger partial charge in [-0.3, -0.25) is 0 Å². The highest BCUT2D eigenvalue weighted by Crippen LogP contribution is 2.25. The molecule has 0 aliphatic heterocycles. The number of halogens is 4. The van der Waals surface area contributed by atoms with Gasteiger partial charge in [0.2, 0.25) is 0 Å². The third-order valence-corrected chi connectivity index (χ3v) is 2.63. The summed E-state index contributed by atoms with van der Waals surface area (Å²) in [7, 11) is 0. The highest BCUT2D eigenvalue weighted by Gasteiger charge is 2.31. The summed E-state index contributed by atoms with van der Waals surface area (Å²) in [6, 6.07) is 14.5. The van der Waals surface area contributed by atoms with Crippen molar-refractivity contribution in [2.45, 2.75) is 12.4 Å². The lowest BCUT2D eigenvalue weighted by Crippen LogP contribution is -2.17. The Morgan fingerprint density at radius 1 is 0.850 bits per heavy atom. The molecule has 0 aromatic heterocycles. The van der Waals surface area contributed by atoms with Crippen LogP contribution in [0, 0.1) is 0 Å². The average Bonchev–Trinajstić information content (AvgIpc) is 2.38. The summed E-state index contributed by atoms with van der Waals surface area (Å²) in [5.41, 5.74) is 7.65. The van der Waals surface area contributed by atoms with Gasteiger partial charge in [0.05, 0.1) is 6.04 Å². The van der Waals surface area contributed by atoms with Gasteiger partial charge in [-0.2, -0.15) is 0 Å². The summed E-state index contributed by atoms with van der Waals surface area (Å²) < 4.78 is 39.9. The van der Waals surface area contributed by atoms with Gasteiger partial charge in [-0.1, -0.05) is 42.5 Å². The van der Waals surface area contributed by atoms with Gasteiger partial charge in [-0.15, -0.1) is 25.6 Å². The molecule has 0 aliphatic rings. The molecule has 1 unspecified atom stereocenters. The molecule has 2 rings (SSSR count). The predicted molar refractivity (Wildman–Crippen MR) is 72.8 cm³/mol. The maximum absolute atomic E-state index is 12.0. The van der Waals surface area contributed by atoms with Gasteiger partial charge in [0, 0.05) is 0 Å². The van der Waals surface area contributed by atoms with E-state index in [0.29, 0.717) is 0 Å². The second-order valence-corrected chi connectivity index (χ2v) is 4.01. The minimum atomic E-state index is -4.68. The number of alkyl halides is 3. The molecule has 2 aromatic rings. The molecule has 0 spiro atoms. The number of nitrogens with two attached hydrogens (primary N) is 1. The van der Waals surface area contributed by atoms with E-state index in [1.165, 1.54) is 24.3 Å². The topological polar surface area (TPSA) is 35.2 Å². The SMILES string of the molecule is Cl.NC(c1ccccc1)c1ccc(OC(F)(F)F)cc1.